The van der Waals surface area contributed by atoms with Gasteiger partial charge in [0.2, 0.25) is 5.95 Å². The Labute approximate surface area is 122 Å². The Morgan fingerprint density at radius 3 is 2.25 bits per heavy atom. The smallest absolute Gasteiger partial charge is 0.226 e. The predicted molar refractivity (Wildman–Crippen MR) is 84.0 cm³/mol. The Morgan fingerprint density at radius 2 is 1.70 bits per heavy atom. The topological polar surface area (TPSA) is 55.0 Å². The highest BCUT2D eigenvalue weighted by atomic mass is 15.3. The van der Waals surface area contributed by atoms with E-state index in [1.165, 1.54) is 38.5 Å². The maximum Gasteiger partial charge on any atom is 0.226 e. The molecule has 1 aliphatic rings. The summed E-state index contributed by atoms with van der Waals surface area (Å²) in [7, 11) is 0. The molecule has 0 bridgehead atoms. The van der Waals surface area contributed by atoms with Crippen LogP contribution in [0.3, 0.4) is 0 Å². The summed E-state index contributed by atoms with van der Waals surface area (Å²) in [6.45, 7) is 5.80. The normalized spacial score (nSPS) is 16.9. The third-order valence-corrected chi connectivity index (χ3v) is 4.10. The van der Waals surface area contributed by atoms with Crippen LogP contribution in [0.1, 0.15) is 56.3 Å². The monoisotopic (exact) mass is 276 g/mol. The van der Waals surface area contributed by atoms with Crippen molar-refractivity contribution in [3.8, 4) is 0 Å². The minimum Gasteiger partial charge on any atom is -0.338 e. The summed E-state index contributed by atoms with van der Waals surface area (Å²) in [5, 5.41) is 0. The molecule has 1 heterocycles. The maximum absolute atomic E-state index is 5.71. The first-order chi connectivity index (χ1) is 9.70. The molecular weight excluding hydrogens is 248 g/mol. The zero-order valence-corrected chi connectivity index (χ0v) is 12.9. The van der Waals surface area contributed by atoms with Gasteiger partial charge in [0.1, 0.15) is 0 Å². The van der Waals surface area contributed by atoms with Gasteiger partial charge in [-0.1, -0.05) is 25.7 Å². The molecule has 20 heavy (non-hydrogen) atoms. The molecule has 4 nitrogen and oxygen atoms in total. The zero-order chi connectivity index (χ0) is 14.4. The van der Waals surface area contributed by atoms with E-state index in [1.54, 1.807) is 0 Å². The molecule has 0 atom stereocenters. The second-order valence-electron chi connectivity index (χ2n) is 5.93. The number of aryl methyl sites for hydroxylation is 2. The van der Waals surface area contributed by atoms with Crippen LogP contribution in [0.5, 0.6) is 0 Å². The summed E-state index contributed by atoms with van der Waals surface area (Å²) in [5.41, 5.74) is 7.82. The second-order valence-corrected chi connectivity index (χ2v) is 5.93. The van der Waals surface area contributed by atoms with Crippen LogP contribution in [-0.2, 0) is 0 Å². The van der Waals surface area contributed by atoms with Crippen molar-refractivity contribution in [1.82, 2.24) is 9.97 Å². The van der Waals surface area contributed by atoms with Crippen LogP contribution in [0, 0.1) is 13.8 Å². The Hall–Kier alpha value is -1.16. The molecule has 1 fully saturated rings. The lowest BCUT2D eigenvalue weighted by Crippen LogP contribution is -2.38. The fourth-order valence-electron chi connectivity index (χ4n) is 3.11. The maximum atomic E-state index is 5.71. The number of aromatic nitrogens is 2. The number of rotatable bonds is 5. The van der Waals surface area contributed by atoms with Gasteiger partial charge in [-0.3, -0.25) is 0 Å². The van der Waals surface area contributed by atoms with Crippen LogP contribution < -0.4 is 10.6 Å². The standard InChI is InChI=1S/C16H28N4/c1-13-12-14(2)19-16(18-13)20(11-7-10-17)15-8-5-3-4-6-9-15/h12,15H,3-11,17H2,1-2H3. The molecule has 0 unspecified atom stereocenters. The molecule has 2 N–H and O–H groups in total. The molecule has 1 aromatic rings. The minimum absolute atomic E-state index is 0.588. The molecule has 0 aliphatic heterocycles. The average Bonchev–Trinajstić information content (AvgIpc) is 2.67. The number of nitrogens with two attached hydrogens (primary N) is 1. The van der Waals surface area contributed by atoms with Gasteiger partial charge in [0.15, 0.2) is 0 Å². The van der Waals surface area contributed by atoms with Crippen molar-refractivity contribution in [3.05, 3.63) is 17.5 Å². The molecule has 0 spiro atoms. The first kappa shape index (κ1) is 15.2. The summed E-state index contributed by atoms with van der Waals surface area (Å²) in [5.74, 6) is 0.905. The van der Waals surface area contributed by atoms with Crippen LogP contribution in [-0.4, -0.2) is 29.1 Å². The molecule has 1 aromatic heterocycles. The molecule has 2 rings (SSSR count). The molecule has 0 amide bonds. The van der Waals surface area contributed by atoms with Crippen molar-refractivity contribution in [1.29, 1.82) is 0 Å². The lowest BCUT2D eigenvalue weighted by atomic mass is 10.1. The van der Waals surface area contributed by atoms with Crippen LogP contribution in [0.25, 0.3) is 0 Å². The SMILES string of the molecule is Cc1cc(C)nc(N(CCCN)C2CCCCCC2)n1. The minimum atomic E-state index is 0.588. The molecule has 4 heteroatoms. The van der Waals surface area contributed by atoms with E-state index < -0.39 is 0 Å². The predicted octanol–water partition coefficient (Wildman–Crippen LogP) is 2.97. The number of nitrogens with zero attached hydrogens (tertiary/aromatic N) is 3. The van der Waals surface area contributed by atoms with Gasteiger partial charge in [0.05, 0.1) is 0 Å². The van der Waals surface area contributed by atoms with E-state index in [9.17, 15) is 0 Å². The van der Waals surface area contributed by atoms with E-state index in [0.717, 1.165) is 36.8 Å². The van der Waals surface area contributed by atoms with E-state index in [4.69, 9.17) is 5.73 Å². The van der Waals surface area contributed by atoms with Crippen molar-refractivity contribution in [2.45, 2.75) is 64.8 Å². The summed E-state index contributed by atoms with van der Waals surface area (Å²) in [6, 6.07) is 2.63. The first-order valence-electron chi connectivity index (χ1n) is 7.99. The largest absolute Gasteiger partial charge is 0.338 e. The number of hydrogen-bond donors (Lipinski definition) is 1. The third-order valence-electron chi connectivity index (χ3n) is 4.10. The summed E-state index contributed by atoms with van der Waals surface area (Å²) >= 11 is 0. The Balaban J connectivity index is 2.20. The number of hydrogen-bond acceptors (Lipinski definition) is 4. The summed E-state index contributed by atoms with van der Waals surface area (Å²) in [6.07, 6.45) is 8.93. The Bertz CT molecular complexity index is 391. The van der Waals surface area contributed by atoms with Crippen LogP contribution in [0.4, 0.5) is 5.95 Å². The van der Waals surface area contributed by atoms with E-state index in [0.29, 0.717) is 6.04 Å². The van der Waals surface area contributed by atoms with Gasteiger partial charge in [0.25, 0.3) is 0 Å². The van der Waals surface area contributed by atoms with Crippen molar-refractivity contribution >= 4 is 5.95 Å². The summed E-state index contributed by atoms with van der Waals surface area (Å²) < 4.78 is 0. The van der Waals surface area contributed by atoms with Gasteiger partial charge in [-0.2, -0.15) is 0 Å². The molecule has 1 aliphatic carbocycles. The third kappa shape index (κ3) is 4.17. The highest BCUT2D eigenvalue weighted by Gasteiger charge is 2.22. The fraction of sp³-hybridized carbons (Fsp3) is 0.750. The zero-order valence-electron chi connectivity index (χ0n) is 12.9. The van der Waals surface area contributed by atoms with Crippen LogP contribution in [0.15, 0.2) is 6.07 Å². The summed E-state index contributed by atoms with van der Waals surface area (Å²) in [4.78, 5) is 11.7. The van der Waals surface area contributed by atoms with Crippen molar-refractivity contribution in [2.75, 3.05) is 18.0 Å². The molecular formula is C16H28N4. The van der Waals surface area contributed by atoms with E-state index in [1.807, 2.05) is 19.9 Å². The lowest BCUT2D eigenvalue weighted by molar-refractivity contribution is 0.509. The average molecular weight is 276 g/mol. The van der Waals surface area contributed by atoms with Gasteiger partial charge in [0, 0.05) is 24.0 Å². The highest BCUT2D eigenvalue weighted by Crippen LogP contribution is 2.25. The van der Waals surface area contributed by atoms with E-state index in [-0.39, 0.29) is 0 Å². The molecule has 1 saturated carbocycles. The van der Waals surface area contributed by atoms with Crippen LogP contribution in [0.2, 0.25) is 0 Å². The van der Waals surface area contributed by atoms with E-state index >= 15 is 0 Å². The molecule has 112 valence electrons. The quantitative estimate of drug-likeness (QED) is 0.840. The van der Waals surface area contributed by atoms with Crippen molar-refractivity contribution < 1.29 is 0 Å². The van der Waals surface area contributed by atoms with Crippen molar-refractivity contribution in [3.63, 3.8) is 0 Å². The Morgan fingerprint density at radius 1 is 1.10 bits per heavy atom. The van der Waals surface area contributed by atoms with Gasteiger partial charge in [-0.05, 0) is 45.7 Å². The van der Waals surface area contributed by atoms with Crippen molar-refractivity contribution in [2.24, 2.45) is 5.73 Å². The van der Waals surface area contributed by atoms with E-state index in [2.05, 4.69) is 14.9 Å². The van der Waals surface area contributed by atoms with Gasteiger partial charge in [-0.15, -0.1) is 0 Å². The number of anilines is 1. The van der Waals surface area contributed by atoms with Gasteiger partial charge in [-0.25, -0.2) is 9.97 Å². The Kier molecular flexibility index (Phi) is 5.77. The molecule has 0 saturated heterocycles. The second kappa shape index (κ2) is 7.58. The first-order valence-corrected chi connectivity index (χ1v) is 7.99. The van der Waals surface area contributed by atoms with Gasteiger partial charge >= 0.3 is 0 Å². The van der Waals surface area contributed by atoms with Crippen LogP contribution >= 0.6 is 0 Å². The molecule has 0 radical (unpaired) electrons. The van der Waals surface area contributed by atoms with Gasteiger partial charge < -0.3 is 10.6 Å². The fourth-order valence-corrected chi connectivity index (χ4v) is 3.11. The lowest BCUT2D eigenvalue weighted by Gasteiger charge is -2.31. The molecule has 0 aromatic carbocycles. The highest BCUT2D eigenvalue weighted by molar-refractivity contribution is 5.34.